The van der Waals surface area contributed by atoms with Crippen LogP contribution in [0.2, 0.25) is 10.0 Å². The number of fused-ring (bicyclic) bond motifs is 1. The van der Waals surface area contributed by atoms with Crippen molar-refractivity contribution in [1.29, 1.82) is 0 Å². The molecule has 1 N–H and O–H groups in total. The number of amides is 1. The van der Waals surface area contributed by atoms with E-state index in [0.29, 0.717) is 28.2 Å². The van der Waals surface area contributed by atoms with Gasteiger partial charge < -0.3 is 0 Å². The monoisotopic (exact) mass is 534 g/mol. The molecule has 1 saturated heterocycles. The number of hydrazine groups is 1. The molecule has 8 heteroatoms. The van der Waals surface area contributed by atoms with Crippen LogP contribution in [-0.4, -0.2) is 33.3 Å². The minimum Gasteiger partial charge on any atom is -0.283 e. The van der Waals surface area contributed by atoms with E-state index >= 15 is 0 Å². The second-order valence-electron chi connectivity index (χ2n) is 8.68. The minimum atomic E-state index is -0.146. The first-order valence-corrected chi connectivity index (χ1v) is 12.7. The van der Waals surface area contributed by atoms with Gasteiger partial charge in [-0.25, -0.2) is 9.69 Å². The summed E-state index contributed by atoms with van der Waals surface area (Å²) in [4.78, 5) is 13.4. The van der Waals surface area contributed by atoms with Gasteiger partial charge in [0.25, 0.3) is 5.91 Å². The SMILES string of the molecule is CCc1c(C(=O)NN2CCCC3CC32)nn(-c2ccc(Cl)cc2Cl)c1C1=CC=C(Br)CC1. The second kappa shape index (κ2) is 8.98. The first kappa shape index (κ1) is 22.2. The average molecular weight is 536 g/mol. The molecule has 5 rings (SSSR count). The van der Waals surface area contributed by atoms with Crippen LogP contribution in [0.3, 0.4) is 0 Å². The first-order chi connectivity index (χ1) is 15.5. The summed E-state index contributed by atoms with van der Waals surface area (Å²) < 4.78 is 2.98. The highest BCUT2D eigenvalue weighted by Crippen LogP contribution is 2.42. The Morgan fingerprint density at radius 1 is 1.28 bits per heavy atom. The fourth-order valence-electron chi connectivity index (χ4n) is 4.87. The molecule has 0 spiro atoms. The topological polar surface area (TPSA) is 50.2 Å². The van der Waals surface area contributed by atoms with Gasteiger partial charge in [-0.15, -0.1) is 0 Å². The zero-order valence-corrected chi connectivity index (χ0v) is 21.0. The van der Waals surface area contributed by atoms with Gasteiger partial charge in [-0.1, -0.05) is 58.2 Å². The number of aromatic nitrogens is 2. The van der Waals surface area contributed by atoms with Gasteiger partial charge in [0.15, 0.2) is 5.69 Å². The molecule has 0 bridgehead atoms. The highest BCUT2D eigenvalue weighted by atomic mass is 79.9. The van der Waals surface area contributed by atoms with Crippen molar-refractivity contribution < 1.29 is 4.79 Å². The number of nitrogens with zero attached hydrogens (tertiary/aromatic N) is 3. The van der Waals surface area contributed by atoms with Crippen molar-refractivity contribution in [3.05, 3.63) is 61.8 Å². The Morgan fingerprint density at radius 3 is 2.84 bits per heavy atom. The van der Waals surface area contributed by atoms with Crippen molar-refractivity contribution in [2.45, 2.75) is 51.5 Å². The number of hydrogen-bond donors (Lipinski definition) is 1. The molecule has 2 unspecified atom stereocenters. The van der Waals surface area contributed by atoms with E-state index in [1.807, 2.05) is 10.7 Å². The number of nitrogens with one attached hydrogen (secondary N) is 1. The molecule has 1 aliphatic heterocycles. The van der Waals surface area contributed by atoms with Crippen molar-refractivity contribution in [1.82, 2.24) is 20.2 Å². The lowest BCUT2D eigenvalue weighted by Crippen LogP contribution is -2.46. The standard InChI is InChI=1S/C24H25BrCl2N4O/c1-2-18-22(24(32)29-30-11-3-4-15-12-21(15)30)28-31(20-10-9-17(26)13-19(20)27)23(18)14-5-7-16(25)8-6-14/h5,7,9-10,13,15,21H,2-4,6,8,11-12H2,1H3,(H,29,32). The molecular weight excluding hydrogens is 511 g/mol. The van der Waals surface area contributed by atoms with Crippen molar-refractivity contribution in [2.24, 2.45) is 5.92 Å². The van der Waals surface area contributed by atoms with Gasteiger partial charge in [-0.3, -0.25) is 10.2 Å². The number of carbonyl (C=O) groups excluding carboxylic acids is 1. The molecular formula is C24H25BrCl2N4O. The fourth-order valence-corrected chi connectivity index (χ4v) is 5.69. The molecule has 1 aromatic heterocycles. The van der Waals surface area contributed by atoms with Gasteiger partial charge in [0.1, 0.15) is 0 Å². The lowest BCUT2D eigenvalue weighted by atomic mass is 9.96. The lowest BCUT2D eigenvalue weighted by molar-refractivity contribution is 0.0718. The van der Waals surface area contributed by atoms with E-state index in [1.165, 1.54) is 12.8 Å². The van der Waals surface area contributed by atoms with E-state index in [4.69, 9.17) is 28.3 Å². The molecule has 2 aliphatic carbocycles. The van der Waals surface area contributed by atoms with Crippen LogP contribution in [0.25, 0.3) is 11.3 Å². The van der Waals surface area contributed by atoms with Gasteiger partial charge in [-0.05, 0) is 72.7 Å². The minimum absolute atomic E-state index is 0.146. The Morgan fingerprint density at radius 2 is 2.12 bits per heavy atom. The van der Waals surface area contributed by atoms with Crippen LogP contribution in [0.15, 0.2) is 34.8 Å². The highest BCUT2D eigenvalue weighted by molar-refractivity contribution is 9.11. The number of carbonyl (C=O) groups is 1. The number of piperidine rings is 1. The molecule has 2 atom stereocenters. The number of halogens is 3. The summed E-state index contributed by atoms with van der Waals surface area (Å²) in [5.74, 6) is 0.584. The maximum absolute atomic E-state index is 13.4. The summed E-state index contributed by atoms with van der Waals surface area (Å²) in [5.41, 5.74) is 7.36. The maximum Gasteiger partial charge on any atom is 0.286 e. The molecule has 0 radical (unpaired) electrons. The predicted molar refractivity (Wildman–Crippen MR) is 132 cm³/mol. The van der Waals surface area contributed by atoms with Crippen LogP contribution in [0, 0.1) is 5.92 Å². The largest absolute Gasteiger partial charge is 0.286 e. The van der Waals surface area contributed by atoms with Crippen LogP contribution >= 0.6 is 39.1 Å². The van der Waals surface area contributed by atoms with E-state index in [9.17, 15) is 4.79 Å². The zero-order valence-electron chi connectivity index (χ0n) is 17.9. The molecule has 2 fully saturated rings. The molecule has 1 aromatic carbocycles. The summed E-state index contributed by atoms with van der Waals surface area (Å²) in [5, 5.41) is 8.00. The molecule has 2 aromatic rings. The van der Waals surface area contributed by atoms with Crippen LogP contribution in [0.5, 0.6) is 0 Å². The highest BCUT2D eigenvalue weighted by Gasteiger charge is 2.45. The third-order valence-electron chi connectivity index (χ3n) is 6.60. The Bertz CT molecular complexity index is 1140. The fraction of sp³-hybridized carbons (Fsp3) is 0.417. The van der Waals surface area contributed by atoms with E-state index < -0.39 is 0 Å². The van der Waals surface area contributed by atoms with Crippen molar-refractivity contribution >= 4 is 50.6 Å². The first-order valence-electron chi connectivity index (χ1n) is 11.2. The van der Waals surface area contributed by atoms with Crippen LogP contribution in [0.4, 0.5) is 0 Å². The molecule has 168 valence electrons. The number of hydrogen-bond acceptors (Lipinski definition) is 3. The number of benzene rings is 1. The van der Waals surface area contributed by atoms with E-state index in [0.717, 1.165) is 58.7 Å². The maximum atomic E-state index is 13.4. The number of rotatable bonds is 5. The van der Waals surface area contributed by atoms with Crippen molar-refractivity contribution in [2.75, 3.05) is 6.54 Å². The van der Waals surface area contributed by atoms with E-state index in [2.05, 4.69) is 45.4 Å². The van der Waals surface area contributed by atoms with Gasteiger partial charge >= 0.3 is 0 Å². The Balaban J connectivity index is 1.59. The van der Waals surface area contributed by atoms with E-state index in [-0.39, 0.29) is 5.91 Å². The van der Waals surface area contributed by atoms with E-state index in [1.54, 1.807) is 12.1 Å². The molecule has 32 heavy (non-hydrogen) atoms. The van der Waals surface area contributed by atoms with Crippen LogP contribution in [-0.2, 0) is 6.42 Å². The van der Waals surface area contributed by atoms with Gasteiger partial charge in [0, 0.05) is 23.2 Å². The molecule has 1 saturated carbocycles. The van der Waals surface area contributed by atoms with Crippen LogP contribution in [0.1, 0.15) is 60.8 Å². The smallest absolute Gasteiger partial charge is 0.283 e. The summed E-state index contributed by atoms with van der Waals surface area (Å²) >= 11 is 16.3. The molecule has 3 aliphatic rings. The van der Waals surface area contributed by atoms with Gasteiger partial charge in [0.05, 0.1) is 16.4 Å². The summed E-state index contributed by atoms with van der Waals surface area (Å²) in [7, 11) is 0. The van der Waals surface area contributed by atoms with Crippen molar-refractivity contribution in [3.8, 4) is 5.69 Å². The quantitative estimate of drug-likeness (QED) is 0.487. The Kier molecular flexibility index (Phi) is 6.23. The summed E-state index contributed by atoms with van der Waals surface area (Å²) in [6, 6.07) is 5.85. The van der Waals surface area contributed by atoms with Gasteiger partial charge in [-0.2, -0.15) is 5.10 Å². The second-order valence-corrected chi connectivity index (χ2v) is 10.5. The predicted octanol–water partition coefficient (Wildman–Crippen LogP) is 6.33. The summed E-state index contributed by atoms with van der Waals surface area (Å²) in [6.07, 6.45) is 10.2. The van der Waals surface area contributed by atoms with Gasteiger partial charge in [0.2, 0.25) is 0 Å². The third-order valence-corrected chi connectivity index (χ3v) is 7.80. The third kappa shape index (κ3) is 4.18. The summed E-state index contributed by atoms with van der Waals surface area (Å²) in [6.45, 7) is 2.97. The Hall–Kier alpha value is -1.60. The van der Waals surface area contributed by atoms with Crippen LogP contribution < -0.4 is 5.43 Å². The normalized spacial score (nSPS) is 22.8. The van der Waals surface area contributed by atoms with Crippen molar-refractivity contribution in [3.63, 3.8) is 0 Å². The molecule has 5 nitrogen and oxygen atoms in total. The average Bonchev–Trinajstić information content (AvgIpc) is 3.48. The lowest BCUT2D eigenvalue weighted by Gasteiger charge is -2.26. The zero-order chi connectivity index (χ0) is 22.4. The Labute approximate surface area is 206 Å². The molecule has 1 amide bonds. The molecule has 2 heterocycles. The number of allylic oxidation sites excluding steroid dienone is 4.